The van der Waals surface area contributed by atoms with Crippen molar-refractivity contribution in [1.82, 2.24) is 4.73 Å². The summed E-state index contributed by atoms with van der Waals surface area (Å²) in [7, 11) is 0. The Morgan fingerprint density at radius 2 is 1.82 bits per heavy atom. The number of aliphatic carboxylic acids is 2. The third kappa shape index (κ3) is 2.77. The van der Waals surface area contributed by atoms with Gasteiger partial charge in [-0.25, -0.2) is 4.79 Å². The van der Waals surface area contributed by atoms with Gasteiger partial charge in [-0.1, -0.05) is 18.2 Å². The van der Waals surface area contributed by atoms with E-state index >= 15 is 0 Å². The van der Waals surface area contributed by atoms with E-state index in [2.05, 4.69) is 0 Å². The molecular formula is C14H14N2O6. The molecule has 1 unspecified atom stereocenters. The first-order chi connectivity index (χ1) is 10.2. The van der Waals surface area contributed by atoms with Crippen LogP contribution in [0.3, 0.4) is 0 Å². The maximum atomic E-state index is 11.4. The SMILES string of the molecule is NC(CC(=O)C(=O)O)(Cc1cn(O)c2ccccc12)C(=O)O. The molecule has 0 saturated heterocycles. The maximum Gasteiger partial charge on any atom is 0.372 e. The molecular weight excluding hydrogens is 292 g/mol. The zero-order chi connectivity index (χ0) is 16.5. The normalized spacial score (nSPS) is 13.7. The molecule has 0 spiro atoms. The minimum absolute atomic E-state index is 0.296. The minimum atomic E-state index is -2.07. The summed E-state index contributed by atoms with van der Waals surface area (Å²) in [6, 6.07) is 6.69. The summed E-state index contributed by atoms with van der Waals surface area (Å²) in [6.07, 6.45) is 0.151. The summed E-state index contributed by atoms with van der Waals surface area (Å²) in [6.45, 7) is 0. The van der Waals surface area contributed by atoms with Gasteiger partial charge in [0.25, 0.3) is 0 Å². The summed E-state index contributed by atoms with van der Waals surface area (Å²) in [5, 5.41) is 28.2. The number of benzene rings is 1. The van der Waals surface area contributed by atoms with Crippen molar-refractivity contribution in [2.45, 2.75) is 18.4 Å². The fraction of sp³-hybridized carbons (Fsp3) is 0.214. The number of carboxylic acids is 2. The number of ketones is 1. The van der Waals surface area contributed by atoms with Gasteiger partial charge in [0.1, 0.15) is 5.54 Å². The average Bonchev–Trinajstić information content (AvgIpc) is 2.75. The third-order valence-corrected chi connectivity index (χ3v) is 3.42. The monoisotopic (exact) mass is 306 g/mol. The summed E-state index contributed by atoms with van der Waals surface area (Å²) >= 11 is 0. The highest BCUT2D eigenvalue weighted by molar-refractivity contribution is 6.33. The van der Waals surface area contributed by atoms with Crippen molar-refractivity contribution >= 4 is 28.6 Å². The number of rotatable bonds is 6. The number of fused-ring (bicyclic) bond motifs is 1. The lowest BCUT2D eigenvalue weighted by atomic mass is 9.87. The van der Waals surface area contributed by atoms with Crippen molar-refractivity contribution in [3.05, 3.63) is 36.0 Å². The lowest BCUT2D eigenvalue weighted by Gasteiger charge is -2.22. The Hall–Kier alpha value is -2.87. The van der Waals surface area contributed by atoms with Gasteiger partial charge in [0.15, 0.2) is 0 Å². The highest BCUT2D eigenvalue weighted by atomic mass is 16.5. The van der Waals surface area contributed by atoms with E-state index in [0.29, 0.717) is 16.5 Å². The number of carbonyl (C=O) groups excluding carboxylic acids is 1. The third-order valence-electron chi connectivity index (χ3n) is 3.42. The average molecular weight is 306 g/mol. The molecule has 0 saturated carbocycles. The van der Waals surface area contributed by atoms with Crippen LogP contribution in [0, 0.1) is 0 Å². The van der Waals surface area contributed by atoms with Crippen LogP contribution in [-0.2, 0) is 20.8 Å². The Kier molecular flexibility index (Phi) is 3.87. The number of carboxylic acid groups (broad SMARTS) is 2. The summed E-state index contributed by atoms with van der Waals surface area (Å²) < 4.78 is 0.825. The van der Waals surface area contributed by atoms with Gasteiger partial charge in [0.2, 0.25) is 5.78 Å². The molecule has 0 aliphatic heterocycles. The van der Waals surface area contributed by atoms with E-state index in [9.17, 15) is 24.7 Å². The van der Waals surface area contributed by atoms with Crippen LogP contribution in [0.4, 0.5) is 0 Å². The fourth-order valence-corrected chi connectivity index (χ4v) is 2.29. The highest BCUT2D eigenvalue weighted by Gasteiger charge is 2.39. The molecule has 22 heavy (non-hydrogen) atoms. The predicted octanol–water partition coefficient (Wildman–Crippen LogP) is 0.247. The molecule has 1 heterocycles. The molecule has 5 N–H and O–H groups in total. The van der Waals surface area contributed by atoms with Crippen LogP contribution < -0.4 is 5.73 Å². The fourth-order valence-electron chi connectivity index (χ4n) is 2.29. The number of aromatic nitrogens is 1. The quantitative estimate of drug-likeness (QED) is 0.442. The van der Waals surface area contributed by atoms with Crippen molar-refractivity contribution in [2.75, 3.05) is 0 Å². The maximum absolute atomic E-state index is 11.4. The Labute approximate surface area is 124 Å². The zero-order valence-corrected chi connectivity index (χ0v) is 11.4. The van der Waals surface area contributed by atoms with Crippen LogP contribution in [0.15, 0.2) is 30.5 Å². The number of Topliss-reactive ketones (excluding diaryl/α,β-unsaturated/α-hetero) is 1. The minimum Gasteiger partial charge on any atom is -0.480 e. The molecule has 1 aromatic carbocycles. The first-order valence-electron chi connectivity index (χ1n) is 6.31. The van der Waals surface area contributed by atoms with Gasteiger partial charge < -0.3 is 21.2 Å². The van der Waals surface area contributed by atoms with Crippen LogP contribution in [0.2, 0.25) is 0 Å². The molecule has 0 aliphatic rings. The predicted molar refractivity (Wildman–Crippen MR) is 74.6 cm³/mol. The van der Waals surface area contributed by atoms with Crippen LogP contribution in [0.25, 0.3) is 10.9 Å². The first kappa shape index (κ1) is 15.5. The highest BCUT2D eigenvalue weighted by Crippen LogP contribution is 2.25. The number of hydrogen-bond donors (Lipinski definition) is 4. The van der Waals surface area contributed by atoms with Crippen LogP contribution >= 0.6 is 0 Å². The van der Waals surface area contributed by atoms with Gasteiger partial charge in [-0.05, 0) is 11.6 Å². The van der Waals surface area contributed by atoms with Gasteiger partial charge in [-0.2, -0.15) is 4.73 Å². The molecule has 8 nitrogen and oxygen atoms in total. The van der Waals surface area contributed by atoms with Gasteiger partial charge in [0, 0.05) is 24.4 Å². The molecule has 0 amide bonds. The van der Waals surface area contributed by atoms with Crippen molar-refractivity contribution in [3.63, 3.8) is 0 Å². The van der Waals surface area contributed by atoms with Gasteiger partial charge in [-0.15, -0.1) is 0 Å². The summed E-state index contributed by atoms with van der Waals surface area (Å²) in [5.41, 5.74) is 4.52. The summed E-state index contributed by atoms with van der Waals surface area (Å²) in [4.78, 5) is 33.3. The second-order valence-electron chi connectivity index (χ2n) is 5.06. The van der Waals surface area contributed by atoms with E-state index in [1.165, 1.54) is 6.20 Å². The standard InChI is InChI=1S/C14H14N2O6/c15-14(13(20)21,6-11(17)12(18)19)5-8-7-16(22)10-4-2-1-3-9(8)10/h1-4,7,22H,5-6,15H2,(H,18,19)(H,20,21). The molecule has 8 heteroatoms. The molecule has 2 aromatic rings. The second kappa shape index (κ2) is 5.49. The zero-order valence-electron chi connectivity index (χ0n) is 11.4. The lowest BCUT2D eigenvalue weighted by molar-refractivity contribution is -0.152. The molecule has 1 atom stereocenters. The van der Waals surface area contributed by atoms with E-state index in [-0.39, 0.29) is 6.42 Å². The van der Waals surface area contributed by atoms with Crippen molar-refractivity contribution < 1.29 is 29.8 Å². The van der Waals surface area contributed by atoms with Crippen LogP contribution in [-0.4, -0.2) is 43.4 Å². The lowest BCUT2D eigenvalue weighted by Crippen LogP contribution is -2.52. The number of nitrogens with zero attached hydrogens (tertiary/aromatic N) is 1. The molecule has 0 fully saturated rings. The summed E-state index contributed by atoms with van der Waals surface area (Å²) in [5.74, 6) is -4.50. The largest absolute Gasteiger partial charge is 0.480 e. The van der Waals surface area contributed by atoms with Crippen molar-refractivity contribution in [3.8, 4) is 0 Å². The number of para-hydroxylation sites is 1. The van der Waals surface area contributed by atoms with E-state index < -0.39 is 29.7 Å². The Balaban J connectivity index is 2.40. The molecule has 116 valence electrons. The topological polar surface area (TPSA) is 143 Å². The molecule has 0 aliphatic carbocycles. The number of carbonyl (C=O) groups is 3. The van der Waals surface area contributed by atoms with Crippen molar-refractivity contribution in [2.24, 2.45) is 5.73 Å². The van der Waals surface area contributed by atoms with E-state index in [0.717, 1.165) is 4.73 Å². The van der Waals surface area contributed by atoms with E-state index in [1.807, 2.05) is 0 Å². The molecule has 0 radical (unpaired) electrons. The molecule has 1 aromatic heterocycles. The number of hydrogen-bond acceptors (Lipinski definition) is 5. The van der Waals surface area contributed by atoms with Gasteiger partial charge in [0.05, 0.1) is 5.52 Å². The Morgan fingerprint density at radius 1 is 1.18 bits per heavy atom. The van der Waals surface area contributed by atoms with E-state index in [1.54, 1.807) is 24.3 Å². The molecule has 2 rings (SSSR count). The van der Waals surface area contributed by atoms with Crippen LogP contribution in [0.5, 0.6) is 0 Å². The van der Waals surface area contributed by atoms with Gasteiger partial charge >= 0.3 is 11.9 Å². The van der Waals surface area contributed by atoms with Gasteiger partial charge in [-0.3, -0.25) is 9.59 Å². The second-order valence-corrected chi connectivity index (χ2v) is 5.06. The van der Waals surface area contributed by atoms with Crippen LogP contribution in [0.1, 0.15) is 12.0 Å². The first-order valence-corrected chi connectivity index (χ1v) is 6.31. The Morgan fingerprint density at radius 3 is 2.41 bits per heavy atom. The van der Waals surface area contributed by atoms with E-state index in [4.69, 9.17) is 10.8 Å². The Bertz CT molecular complexity index is 766. The molecule has 0 bridgehead atoms. The van der Waals surface area contributed by atoms with Crippen molar-refractivity contribution in [1.29, 1.82) is 0 Å². The number of nitrogens with two attached hydrogens (primary N) is 1. The smallest absolute Gasteiger partial charge is 0.372 e.